The van der Waals surface area contributed by atoms with Gasteiger partial charge in [-0.2, -0.15) is 0 Å². The summed E-state index contributed by atoms with van der Waals surface area (Å²) in [7, 11) is 0. The van der Waals surface area contributed by atoms with E-state index in [-0.39, 0.29) is 5.41 Å². The van der Waals surface area contributed by atoms with Gasteiger partial charge in [-0.05, 0) is 30.6 Å². The fourth-order valence-corrected chi connectivity index (χ4v) is 1.80. The van der Waals surface area contributed by atoms with E-state index in [1.807, 2.05) is 6.08 Å². The van der Waals surface area contributed by atoms with Gasteiger partial charge in [-0.3, -0.25) is 0 Å². The van der Waals surface area contributed by atoms with Gasteiger partial charge in [0.15, 0.2) is 0 Å². The molecule has 0 amide bonds. The lowest BCUT2D eigenvalue weighted by molar-refractivity contribution is -0.132. The van der Waals surface area contributed by atoms with Crippen LogP contribution < -0.4 is 0 Å². The molecule has 1 N–H and O–H groups in total. The maximum absolute atomic E-state index is 10.8. The average Bonchev–Trinajstić information content (AvgIpc) is 2.12. The number of carboxylic acid groups (broad SMARTS) is 1. The van der Waals surface area contributed by atoms with E-state index in [9.17, 15) is 4.79 Å². The van der Waals surface area contributed by atoms with Crippen molar-refractivity contribution >= 4 is 5.97 Å². The molecule has 2 nitrogen and oxygen atoms in total. The molecule has 0 heterocycles. The third-order valence-electron chi connectivity index (χ3n) is 3.17. The second-order valence-electron chi connectivity index (χ2n) is 4.59. The van der Waals surface area contributed by atoms with Gasteiger partial charge >= 0.3 is 5.97 Å². The molecule has 0 aromatic rings. The van der Waals surface area contributed by atoms with Crippen molar-refractivity contribution in [3.63, 3.8) is 0 Å². The van der Waals surface area contributed by atoms with Gasteiger partial charge in [0.2, 0.25) is 0 Å². The summed E-state index contributed by atoms with van der Waals surface area (Å²) in [5.41, 5.74) is 0.624. The van der Waals surface area contributed by atoms with Gasteiger partial charge in [-0.1, -0.05) is 26.8 Å². The predicted octanol–water partition coefficient (Wildman–Crippen LogP) is 2.84. The molecule has 1 aliphatic rings. The smallest absolute Gasteiger partial charge is 0.331 e. The second-order valence-corrected chi connectivity index (χ2v) is 4.59. The van der Waals surface area contributed by atoms with Gasteiger partial charge < -0.3 is 5.11 Å². The quantitative estimate of drug-likeness (QED) is 0.677. The van der Waals surface area contributed by atoms with Crippen molar-refractivity contribution in [3.05, 3.63) is 11.6 Å². The number of hydrogen-bond donors (Lipinski definition) is 1. The van der Waals surface area contributed by atoms with Gasteiger partial charge in [0.05, 0.1) is 0 Å². The van der Waals surface area contributed by atoms with Crippen LogP contribution in [0, 0.1) is 11.3 Å². The number of allylic oxidation sites excluding steroid dienone is 1. The molecule has 1 aliphatic carbocycles. The van der Waals surface area contributed by atoms with Crippen LogP contribution in [0.5, 0.6) is 0 Å². The molecule has 1 atom stereocenters. The Morgan fingerprint density at radius 3 is 2.77 bits per heavy atom. The Labute approximate surface area is 79.6 Å². The summed E-state index contributed by atoms with van der Waals surface area (Å²) in [4.78, 5) is 10.8. The highest BCUT2D eigenvalue weighted by Crippen LogP contribution is 2.36. The number of carbonyl (C=O) groups is 1. The zero-order valence-electron chi connectivity index (χ0n) is 8.63. The molecule has 0 aromatic heterocycles. The Balaban J connectivity index is 2.92. The van der Waals surface area contributed by atoms with E-state index < -0.39 is 5.97 Å². The van der Waals surface area contributed by atoms with Crippen LogP contribution in [0.25, 0.3) is 0 Å². The summed E-state index contributed by atoms with van der Waals surface area (Å²) in [5.74, 6) is -0.175. The number of carboxylic acids is 1. The third-order valence-corrected chi connectivity index (χ3v) is 3.17. The second kappa shape index (κ2) is 3.52. The van der Waals surface area contributed by atoms with Crippen molar-refractivity contribution in [1.29, 1.82) is 0 Å². The van der Waals surface area contributed by atoms with Crippen LogP contribution >= 0.6 is 0 Å². The summed E-state index contributed by atoms with van der Waals surface area (Å²) in [6.45, 7) is 6.43. The van der Waals surface area contributed by atoms with E-state index >= 15 is 0 Å². The molecule has 13 heavy (non-hydrogen) atoms. The molecular formula is C11H18O2. The van der Waals surface area contributed by atoms with Crippen molar-refractivity contribution < 1.29 is 9.90 Å². The molecular weight excluding hydrogens is 164 g/mol. The highest BCUT2D eigenvalue weighted by Gasteiger charge is 2.27. The lowest BCUT2D eigenvalue weighted by Gasteiger charge is -2.27. The van der Waals surface area contributed by atoms with Crippen molar-refractivity contribution in [2.24, 2.45) is 11.3 Å². The van der Waals surface area contributed by atoms with Crippen LogP contribution in [0.15, 0.2) is 11.6 Å². The molecule has 0 aliphatic heterocycles. The Morgan fingerprint density at radius 2 is 2.23 bits per heavy atom. The van der Waals surface area contributed by atoms with Gasteiger partial charge in [0.1, 0.15) is 0 Å². The van der Waals surface area contributed by atoms with Crippen LogP contribution in [0.4, 0.5) is 0 Å². The molecule has 0 saturated carbocycles. The van der Waals surface area contributed by atoms with E-state index in [4.69, 9.17) is 5.11 Å². The molecule has 0 bridgehead atoms. The zero-order chi connectivity index (χ0) is 10.1. The first-order valence-electron chi connectivity index (χ1n) is 4.88. The first-order chi connectivity index (χ1) is 5.93. The number of aliphatic carboxylic acids is 1. The lowest BCUT2D eigenvalue weighted by atomic mass is 9.78. The zero-order valence-corrected chi connectivity index (χ0v) is 8.63. The van der Waals surface area contributed by atoms with Gasteiger partial charge in [-0.15, -0.1) is 0 Å². The highest BCUT2D eigenvalue weighted by molar-refractivity contribution is 5.86. The highest BCUT2D eigenvalue weighted by atomic mass is 16.4. The van der Waals surface area contributed by atoms with Crippen LogP contribution in [0.1, 0.15) is 40.0 Å². The standard InChI is InChI=1S/C11H18O2/c1-8-5-4-6-9(10(12)13)7-11(8,2)3/h7-8H,4-6H2,1-3H3,(H,12,13). The minimum atomic E-state index is -0.748. The van der Waals surface area contributed by atoms with Crippen LogP contribution in [0.3, 0.4) is 0 Å². The van der Waals surface area contributed by atoms with Crippen LogP contribution in [-0.2, 0) is 4.79 Å². The van der Waals surface area contributed by atoms with Crippen molar-refractivity contribution in [2.45, 2.75) is 40.0 Å². The van der Waals surface area contributed by atoms with Crippen molar-refractivity contribution in [2.75, 3.05) is 0 Å². The lowest BCUT2D eigenvalue weighted by Crippen LogP contribution is -2.18. The van der Waals surface area contributed by atoms with Gasteiger partial charge in [0, 0.05) is 5.57 Å². The summed E-state index contributed by atoms with van der Waals surface area (Å²) in [6, 6.07) is 0. The van der Waals surface area contributed by atoms with E-state index in [0.29, 0.717) is 11.5 Å². The molecule has 1 unspecified atom stereocenters. The third kappa shape index (κ3) is 2.33. The molecule has 0 radical (unpaired) electrons. The first-order valence-corrected chi connectivity index (χ1v) is 4.88. The minimum absolute atomic E-state index is 0.0320. The Bertz CT molecular complexity index is 238. The average molecular weight is 182 g/mol. The topological polar surface area (TPSA) is 37.3 Å². The number of hydrogen-bond acceptors (Lipinski definition) is 1. The monoisotopic (exact) mass is 182 g/mol. The van der Waals surface area contributed by atoms with Crippen molar-refractivity contribution in [1.82, 2.24) is 0 Å². The molecule has 1 rings (SSSR count). The fraction of sp³-hybridized carbons (Fsp3) is 0.727. The van der Waals surface area contributed by atoms with Crippen LogP contribution in [-0.4, -0.2) is 11.1 Å². The maximum atomic E-state index is 10.8. The number of rotatable bonds is 1. The molecule has 0 saturated heterocycles. The molecule has 2 heteroatoms. The molecule has 74 valence electrons. The van der Waals surface area contributed by atoms with E-state index in [0.717, 1.165) is 19.3 Å². The van der Waals surface area contributed by atoms with Gasteiger partial charge in [0.25, 0.3) is 0 Å². The van der Waals surface area contributed by atoms with E-state index in [1.54, 1.807) is 0 Å². The van der Waals surface area contributed by atoms with Crippen molar-refractivity contribution in [3.8, 4) is 0 Å². The molecule has 0 aromatic carbocycles. The predicted molar refractivity (Wildman–Crippen MR) is 52.5 cm³/mol. The summed E-state index contributed by atoms with van der Waals surface area (Å²) >= 11 is 0. The fourth-order valence-electron chi connectivity index (χ4n) is 1.80. The largest absolute Gasteiger partial charge is 0.478 e. The Kier molecular flexibility index (Phi) is 2.79. The first kappa shape index (κ1) is 10.3. The summed E-state index contributed by atoms with van der Waals surface area (Å²) in [6.07, 6.45) is 4.79. The Morgan fingerprint density at radius 1 is 1.62 bits per heavy atom. The van der Waals surface area contributed by atoms with Gasteiger partial charge in [-0.25, -0.2) is 4.79 Å². The SMILES string of the molecule is CC1CCCC(C(=O)O)=CC1(C)C. The maximum Gasteiger partial charge on any atom is 0.331 e. The summed E-state index contributed by atoms with van der Waals surface area (Å²) < 4.78 is 0. The Hall–Kier alpha value is -0.790. The van der Waals surface area contributed by atoms with Crippen LogP contribution in [0.2, 0.25) is 0 Å². The summed E-state index contributed by atoms with van der Waals surface area (Å²) in [5, 5.41) is 8.91. The van der Waals surface area contributed by atoms with E-state index in [1.165, 1.54) is 0 Å². The minimum Gasteiger partial charge on any atom is -0.478 e. The molecule has 0 fully saturated rings. The molecule has 0 spiro atoms. The van der Waals surface area contributed by atoms with E-state index in [2.05, 4.69) is 20.8 Å². The normalized spacial score (nSPS) is 27.6.